The van der Waals surface area contributed by atoms with E-state index in [4.69, 9.17) is 4.74 Å². The van der Waals surface area contributed by atoms with Crippen molar-refractivity contribution in [2.24, 2.45) is 0 Å². The van der Waals surface area contributed by atoms with Gasteiger partial charge in [-0.15, -0.1) is 0 Å². The molecule has 2 N–H and O–H groups in total. The molecule has 7 heteroatoms. The molecular weight excluding hydrogens is 312 g/mol. The second kappa shape index (κ2) is 8.33. The zero-order valence-electron chi connectivity index (χ0n) is 12.9. The lowest BCUT2D eigenvalue weighted by Crippen LogP contribution is -2.28. The molecule has 2 aromatic rings. The first-order chi connectivity index (χ1) is 11.6. The standard InChI is InChI=1S/C17H16N2O5/c1-23-16(21)15(9-13-7-8-14(20)10-18-13)19-17(22)24-11-12-5-3-2-4-6-12/h2-10,20H,11H2,1H3,(H,19,22)/b15-9-. The minimum absolute atomic E-state index is 0.0120. The smallest absolute Gasteiger partial charge is 0.412 e. The minimum atomic E-state index is -0.797. The van der Waals surface area contributed by atoms with Crippen molar-refractivity contribution >= 4 is 18.1 Å². The highest BCUT2D eigenvalue weighted by Crippen LogP contribution is 2.09. The third-order valence-corrected chi connectivity index (χ3v) is 2.92. The van der Waals surface area contributed by atoms with E-state index in [0.717, 1.165) is 5.56 Å². The summed E-state index contributed by atoms with van der Waals surface area (Å²) in [5, 5.41) is 11.5. The monoisotopic (exact) mass is 328 g/mol. The molecule has 1 amide bonds. The fourth-order valence-electron chi connectivity index (χ4n) is 1.76. The molecule has 0 aliphatic rings. The summed E-state index contributed by atoms with van der Waals surface area (Å²) in [6.45, 7) is 0.0680. The number of benzene rings is 1. The SMILES string of the molecule is COC(=O)/C(=C/c1ccc(O)cn1)NC(=O)OCc1ccccc1. The van der Waals surface area contributed by atoms with Crippen molar-refractivity contribution in [1.29, 1.82) is 0 Å². The molecule has 1 heterocycles. The molecule has 1 aromatic heterocycles. The average Bonchev–Trinajstić information content (AvgIpc) is 2.61. The van der Waals surface area contributed by atoms with E-state index in [1.165, 1.54) is 31.5 Å². The van der Waals surface area contributed by atoms with Gasteiger partial charge in [0.2, 0.25) is 0 Å². The van der Waals surface area contributed by atoms with Crippen molar-refractivity contribution in [2.45, 2.75) is 6.61 Å². The predicted molar refractivity (Wildman–Crippen MR) is 85.7 cm³/mol. The number of aromatic hydroxyl groups is 1. The number of carbonyl (C=O) groups is 2. The number of hydrogen-bond donors (Lipinski definition) is 2. The summed E-state index contributed by atoms with van der Waals surface area (Å²) in [4.78, 5) is 27.5. The van der Waals surface area contributed by atoms with Crippen molar-refractivity contribution in [3.8, 4) is 5.75 Å². The molecule has 0 radical (unpaired) electrons. The van der Waals surface area contributed by atoms with Gasteiger partial charge in [-0.05, 0) is 23.8 Å². The predicted octanol–water partition coefficient (Wildman–Crippen LogP) is 2.23. The Balaban J connectivity index is 2.04. The molecule has 0 unspecified atom stereocenters. The zero-order chi connectivity index (χ0) is 17.4. The molecule has 24 heavy (non-hydrogen) atoms. The van der Waals surface area contributed by atoms with Gasteiger partial charge in [-0.25, -0.2) is 9.59 Å². The van der Waals surface area contributed by atoms with Gasteiger partial charge in [-0.2, -0.15) is 0 Å². The summed E-state index contributed by atoms with van der Waals surface area (Å²) in [5.41, 5.74) is 1.04. The van der Waals surface area contributed by atoms with Gasteiger partial charge >= 0.3 is 12.1 Å². The third kappa shape index (κ3) is 5.13. The van der Waals surface area contributed by atoms with Gasteiger partial charge < -0.3 is 14.6 Å². The van der Waals surface area contributed by atoms with Crippen LogP contribution in [0.4, 0.5) is 4.79 Å². The maximum atomic E-state index is 11.8. The van der Waals surface area contributed by atoms with Crippen LogP contribution in [0.15, 0.2) is 54.4 Å². The fraction of sp³-hybridized carbons (Fsp3) is 0.118. The van der Waals surface area contributed by atoms with Crippen molar-refractivity contribution < 1.29 is 24.2 Å². The summed E-state index contributed by atoms with van der Waals surface area (Å²) < 4.78 is 9.67. The largest absolute Gasteiger partial charge is 0.506 e. The first kappa shape index (κ1) is 17.0. The number of methoxy groups -OCH3 is 1. The highest BCUT2D eigenvalue weighted by Gasteiger charge is 2.15. The maximum absolute atomic E-state index is 11.8. The Hall–Kier alpha value is -3.35. The normalized spacial score (nSPS) is 10.8. The summed E-state index contributed by atoms with van der Waals surface area (Å²) in [6.07, 6.45) is 1.73. The second-order valence-corrected chi connectivity index (χ2v) is 4.68. The van der Waals surface area contributed by atoms with E-state index in [2.05, 4.69) is 15.0 Å². The molecule has 0 atom stereocenters. The number of pyridine rings is 1. The lowest BCUT2D eigenvalue weighted by Gasteiger charge is -2.09. The lowest BCUT2D eigenvalue weighted by atomic mass is 10.2. The molecule has 1 aromatic carbocycles. The van der Waals surface area contributed by atoms with Gasteiger partial charge in [-0.1, -0.05) is 30.3 Å². The number of aromatic nitrogens is 1. The van der Waals surface area contributed by atoms with E-state index in [-0.39, 0.29) is 18.1 Å². The van der Waals surface area contributed by atoms with E-state index < -0.39 is 12.1 Å². The number of carbonyl (C=O) groups excluding carboxylic acids is 2. The topological polar surface area (TPSA) is 97.8 Å². The first-order valence-corrected chi connectivity index (χ1v) is 7.01. The number of nitrogens with zero attached hydrogens (tertiary/aromatic N) is 1. The summed E-state index contributed by atoms with van der Waals surface area (Å²) in [5.74, 6) is -0.761. The van der Waals surface area contributed by atoms with Crippen LogP contribution in [0.25, 0.3) is 6.08 Å². The number of amides is 1. The fourth-order valence-corrected chi connectivity index (χ4v) is 1.76. The molecule has 0 bridgehead atoms. The van der Waals surface area contributed by atoms with Gasteiger partial charge in [0.25, 0.3) is 0 Å². The quantitative estimate of drug-likeness (QED) is 0.645. The molecule has 2 rings (SSSR count). The zero-order valence-corrected chi connectivity index (χ0v) is 12.9. The second-order valence-electron chi connectivity index (χ2n) is 4.68. The van der Waals surface area contributed by atoms with Gasteiger partial charge in [-0.3, -0.25) is 10.3 Å². The van der Waals surface area contributed by atoms with Gasteiger partial charge in [0.1, 0.15) is 18.1 Å². The summed E-state index contributed by atoms with van der Waals surface area (Å²) in [6, 6.07) is 12.0. The number of rotatable bonds is 5. The van der Waals surface area contributed by atoms with Gasteiger partial charge in [0.05, 0.1) is 19.0 Å². The number of ether oxygens (including phenoxy) is 2. The minimum Gasteiger partial charge on any atom is -0.506 e. The molecule has 0 fully saturated rings. The molecule has 0 saturated heterocycles. The van der Waals surface area contributed by atoms with Crippen LogP contribution in [0, 0.1) is 0 Å². The number of hydrogen-bond acceptors (Lipinski definition) is 6. The Labute approximate surface area is 138 Å². The molecule has 0 saturated carbocycles. The molecule has 0 aliphatic heterocycles. The first-order valence-electron chi connectivity index (χ1n) is 7.01. The van der Waals surface area contributed by atoms with Crippen molar-refractivity contribution in [1.82, 2.24) is 10.3 Å². The molecule has 0 aliphatic carbocycles. The van der Waals surface area contributed by atoms with Crippen LogP contribution < -0.4 is 5.32 Å². The number of esters is 1. The van der Waals surface area contributed by atoms with E-state index in [9.17, 15) is 14.7 Å². The van der Waals surface area contributed by atoms with E-state index in [1.54, 1.807) is 0 Å². The van der Waals surface area contributed by atoms with Crippen LogP contribution in [0.2, 0.25) is 0 Å². The Kier molecular flexibility index (Phi) is 5.90. The Morgan fingerprint density at radius 2 is 1.96 bits per heavy atom. The highest BCUT2D eigenvalue weighted by atomic mass is 16.6. The Morgan fingerprint density at radius 3 is 2.58 bits per heavy atom. The van der Waals surface area contributed by atoms with E-state index >= 15 is 0 Å². The van der Waals surface area contributed by atoms with Crippen molar-refractivity contribution in [2.75, 3.05) is 7.11 Å². The van der Waals surface area contributed by atoms with Crippen LogP contribution in [0.5, 0.6) is 5.75 Å². The molecule has 0 spiro atoms. The van der Waals surface area contributed by atoms with Crippen LogP contribution >= 0.6 is 0 Å². The number of alkyl carbamates (subject to hydrolysis) is 1. The lowest BCUT2D eigenvalue weighted by molar-refractivity contribution is -0.136. The van der Waals surface area contributed by atoms with Gasteiger partial charge in [0.15, 0.2) is 0 Å². The van der Waals surface area contributed by atoms with Gasteiger partial charge in [0, 0.05) is 0 Å². The Bertz CT molecular complexity index is 726. The summed E-state index contributed by atoms with van der Waals surface area (Å²) in [7, 11) is 1.19. The Morgan fingerprint density at radius 1 is 1.21 bits per heavy atom. The van der Waals surface area contributed by atoms with E-state index in [1.807, 2.05) is 30.3 Å². The summed E-state index contributed by atoms with van der Waals surface area (Å²) >= 11 is 0. The van der Waals surface area contributed by atoms with E-state index in [0.29, 0.717) is 5.69 Å². The number of nitrogens with one attached hydrogen (secondary N) is 1. The third-order valence-electron chi connectivity index (χ3n) is 2.92. The average molecular weight is 328 g/mol. The van der Waals surface area contributed by atoms with Crippen LogP contribution in [0.3, 0.4) is 0 Å². The van der Waals surface area contributed by atoms with Crippen LogP contribution in [-0.4, -0.2) is 29.3 Å². The highest BCUT2D eigenvalue weighted by molar-refractivity contribution is 5.96. The molecule has 124 valence electrons. The van der Waals surface area contributed by atoms with Crippen molar-refractivity contribution in [3.63, 3.8) is 0 Å². The van der Waals surface area contributed by atoms with Crippen LogP contribution in [0.1, 0.15) is 11.3 Å². The molecular formula is C17H16N2O5. The molecule has 7 nitrogen and oxygen atoms in total. The maximum Gasteiger partial charge on any atom is 0.412 e. The van der Waals surface area contributed by atoms with Crippen LogP contribution in [-0.2, 0) is 20.9 Å². The van der Waals surface area contributed by atoms with Crippen molar-refractivity contribution in [3.05, 3.63) is 65.6 Å².